The van der Waals surface area contributed by atoms with E-state index in [1.54, 1.807) is 11.8 Å². The number of carbonyl (C=O) groups is 1. The smallest absolute Gasteiger partial charge is 0.321 e. The zero-order valence-corrected chi connectivity index (χ0v) is 12.1. The lowest BCUT2D eigenvalue weighted by atomic mass is 10.1. The molecule has 1 aromatic carbocycles. The fourth-order valence-electron chi connectivity index (χ4n) is 2.76. The Morgan fingerprint density at radius 1 is 1.40 bits per heavy atom. The van der Waals surface area contributed by atoms with Crippen molar-refractivity contribution < 1.29 is 14.6 Å². The van der Waals surface area contributed by atoms with Crippen LogP contribution in [0.4, 0.5) is 0 Å². The molecular weight excluding hydrogens is 274 g/mol. The second-order valence-corrected chi connectivity index (χ2v) is 6.54. The number of benzene rings is 1. The van der Waals surface area contributed by atoms with Gasteiger partial charge in [0.2, 0.25) is 0 Å². The van der Waals surface area contributed by atoms with Crippen LogP contribution in [0.25, 0.3) is 0 Å². The topological polar surface area (TPSA) is 58.6 Å². The Morgan fingerprint density at radius 3 is 3.05 bits per heavy atom. The van der Waals surface area contributed by atoms with Crippen LogP contribution in [0.2, 0.25) is 0 Å². The Hall–Kier alpha value is -1.20. The quantitative estimate of drug-likeness (QED) is 0.870. The van der Waals surface area contributed by atoms with Gasteiger partial charge in [0.05, 0.1) is 12.0 Å². The highest BCUT2D eigenvalue weighted by Crippen LogP contribution is 2.27. The third-order valence-corrected chi connectivity index (χ3v) is 5.17. The second-order valence-electron chi connectivity index (χ2n) is 5.30. The molecular formula is C15H19NO3S. The summed E-state index contributed by atoms with van der Waals surface area (Å²) in [7, 11) is 0. The van der Waals surface area contributed by atoms with Gasteiger partial charge in [-0.25, -0.2) is 0 Å². The van der Waals surface area contributed by atoms with Gasteiger partial charge in [-0.3, -0.25) is 10.1 Å². The van der Waals surface area contributed by atoms with E-state index >= 15 is 0 Å². The number of rotatable bonds is 5. The molecule has 0 aromatic heterocycles. The fourth-order valence-corrected chi connectivity index (χ4v) is 3.95. The zero-order valence-electron chi connectivity index (χ0n) is 11.3. The van der Waals surface area contributed by atoms with Crippen molar-refractivity contribution in [3.8, 4) is 5.75 Å². The van der Waals surface area contributed by atoms with Gasteiger partial charge in [-0.2, -0.15) is 0 Å². The van der Waals surface area contributed by atoms with Crippen LogP contribution in [0.1, 0.15) is 24.0 Å². The van der Waals surface area contributed by atoms with Crippen LogP contribution in [0.3, 0.4) is 0 Å². The Morgan fingerprint density at radius 2 is 2.25 bits per heavy atom. The number of hydrogen-bond donors (Lipinski definition) is 2. The molecule has 1 aliphatic carbocycles. The van der Waals surface area contributed by atoms with Crippen LogP contribution < -0.4 is 10.1 Å². The summed E-state index contributed by atoms with van der Waals surface area (Å²) in [6, 6.07) is 5.95. The first-order chi connectivity index (χ1) is 9.72. The lowest BCUT2D eigenvalue weighted by Gasteiger charge is -2.12. The van der Waals surface area contributed by atoms with Gasteiger partial charge in [0.1, 0.15) is 11.8 Å². The van der Waals surface area contributed by atoms with Crippen molar-refractivity contribution in [1.29, 1.82) is 0 Å². The molecule has 1 fully saturated rings. The van der Waals surface area contributed by atoms with Gasteiger partial charge in [0.15, 0.2) is 0 Å². The standard InChI is InChI=1S/C15H19NO3S/c17-15(18)13-9-20-14(16-13)6-7-19-12-5-4-10-2-1-3-11(10)8-12/h4-5,8,13-14,16H,1-3,6-7,9H2,(H,17,18). The van der Waals surface area contributed by atoms with Gasteiger partial charge in [-0.1, -0.05) is 6.07 Å². The van der Waals surface area contributed by atoms with Gasteiger partial charge in [-0.05, 0) is 42.5 Å². The lowest BCUT2D eigenvalue weighted by Crippen LogP contribution is -2.36. The molecule has 20 heavy (non-hydrogen) atoms. The molecule has 1 aliphatic heterocycles. The van der Waals surface area contributed by atoms with Crippen LogP contribution in [-0.4, -0.2) is 34.9 Å². The number of aryl methyl sites for hydroxylation is 2. The number of fused-ring (bicyclic) bond motifs is 1. The molecule has 1 heterocycles. The molecule has 0 spiro atoms. The molecule has 0 bridgehead atoms. The molecule has 3 rings (SSSR count). The highest BCUT2D eigenvalue weighted by Gasteiger charge is 2.29. The highest BCUT2D eigenvalue weighted by atomic mass is 32.2. The minimum atomic E-state index is -0.764. The summed E-state index contributed by atoms with van der Waals surface area (Å²) in [4.78, 5) is 10.8. The molecule has 108 valence electrons. The van der Waals surface area contributed by atoms with Gasteiger partial charge in [0, 0.05) is 12.2 Å². The first-order valence-electron chi connectivity index (χ1n) is 7.07. The summed E-state index contributed by atoms with van der Waals surface area (Å²) in [5.41, 5.74) is 2.87. The average molecular weight is 293 g/mol. The Kier molecular flexibility index (Phi) is 4.17. The minimum Gasteiger partial charge on any atom is -0.493 e. The van der Waals surface area contributed by atoms with E-state index in [2.05, 4.69) is 17.4 Å². The van der Waals surface area contributed by atoms with Crippen molar-refractivity contribution in [2.45, 2.75) is 37.1 Å². The number of aliphatic carboxylic acids is 1. The average Bonchev–Trinajstić information content (AvgIpc) is 3.06. The molecule has 0 amide bonds. The predicted octanol–water partition coefficient (Wildman–Crippen LogP) is 2.06. The molecule has 2 unspecified atom stereocenters. The summed E-state index contributed by atoms with van der Waals surface area (Å²) in [5, 5.41) is 12.2. The number of carboxylic acids is 1. The van der Waals surface area contributed by atoms with E-state index in [-0.39, 0.29) is 5.37 Å². The van der Waals surface area contributed by atoms with Crippen molar-refractivity contribution in [1.82, 2.24) is 5.32 Å². The largest absolute Gasteiger partial charge is 0.493 e. The van der Waals surface area contributed by atoms with Gasteiger partial charge >= 0.3 is 5.97 Å². The summed E-state index contributed by atoms with van der Waals surface area (Å²) in [5.74, 6) is 0.807. The van der Waals surface area contributed by atoms with Crippen molar-refractivity contribution in [2.75, 3.05) is 12.4 Å². The maximum atomic E-state index is 10.8. The molecule has 2 N–H and O–H groups in total. The summed E-state index contributed by atoms with van der Waals surface area (Å²) in [6.07, 6.45) is 4.42. The molecule has 0 saturated carbocycles. The molecule has 5 heteroatoms. The fraction of sp³-hybridized carbons (Fsp3) is 0.533. The lowest BCUT2D eigenvalue weighted by molar-refractivity contribution is -0.138. The normalized spacial score (nSPS) is 24.6. The van der Waals surface area contributed by atoms with Crippen molar-refractivity contribution >= 4 is 17.7 Å². The maximum Gasteiger partial charge on any atom is 0.321 e. The SMILES string of the molecule is O=C(O)C1CSC(CCOc2ccc3c(c2)CCC3)N1. The number of ether oxygens (including phenoxy) is 1. The van der Waals surface area contributed by atoms with Crippen molar-refractivity contribution in [3.63, 3.8) is 0 Å². The van der Waals surface area contributed by atoms with Crippen molar-refractivity contribution in [2.24, 2.45) is 0 Å². The van der Waals surface area contributed by atoms with Crippen LogP contribution >= 0.6 is 11.8 Å². The second kappa shape index (κ2) is 6.06. The van der Waals surface area contributed by atoms with Gasteiger partial charge < -0.3 is 9.84 Å². The van der Waals surface area contributed by atoms with E-state index in [4.69, 9.17) is 9.84 Å². The van der Waals surface area contributed by atoms with E-state index < -0.39 is 12.0 Å². The molecule has 2 atom stereocenters. The van der Waals surface area contributed by atoms with Crippen LogP contribution in [0, 0.1) is 0 Å². The van der Waals surface area contributed by atoms with Gasteiger partial charge in [0.25, 0.3) is 0 Å². The van der Waals surface area contributed by atoms with E-state index in [0.29, 0.717) is 12.4 Å². The zero-order chi connectivity index (χ0) is 13.9. The first kappa shape index (κ1) is 13.8. The van der Waals surface area contributed by atoms with Crippen LogP contribution in [-0.2, 0) is 17.6 Å². The number of nitrogens with one attached hydrogen (secondary N) is 1. The summed E-state index contributed by atoms with van der Waals surface area (Å²) >= 11 is 1.66. The minimum absolute atomic E-state index is 0.186. The number of thioether (sulfide) groups is 1. The van der Waals surface area contributed by atoms with E-state index in [9.17, 15) is 4.79 Å². The first-order valence-corrected chi connectivity index (χ1v) is 8.12. The highest BCUT2D eigenvalue weighted by molar-refractivity contribution is 8.00. The van der Waals surface area contributed by atoms with Crippen LogP contribution in [0.5, 0.6) is 5.75 Å². The summed E-state index contributed by atoms with van der Waals surface area (Å²) in [6.45, 7) is 0.621. The molecule has 1 saturated heterocycles. The van der Waals surface area contributed by atoms with E-state index in [1.807, 2.05) is 6.07 Å². The number of hydrogen-bond acceptors (Lipinski definition) is 4. The molecule has 1 aromatic rings. The summed E-state index contributed by atoms with van der Waals surface area (Å²) < 4.78 is 5.79. The van der Waals surface area contributed by atoms with Crippen molar-refractivity contribution in [3.05, 3.63) is 29.3 Å². The Balaban J connectivity index is 1.45. The molecule has 4 nitrogen and oxygen atoms in total. The monoisotopic (exact) mass is 293 g/mol. The number of carboxylic acid groups (broad SMARTS) is 1. The predicted molar refractivity (Wildman–Crippen MR) is 79.4 cm³/mol. The molecule has 0 radical (unpaired) electrons. The van der Waals surface area contributed by atoms with Gasteiger partial charge in [-0.15, -0.1) is 11.8 Å². The van der Waals surface area contributed by atoms with E-state index in [0.717, 1.165) is 18.6 Å². The Bertz CT molecular complexity index is 506. The maximum absolute atomic E-state index is 10.8. The van der Waals surface area contributed by atoms with E-state index in [1.165, 1.54) is 24.0 Å². The van der Waals surface area contributed by atoms with Crippen LogP contribution in [0.15, 0.2) is 18.2 Å². The third-order valence-electron chi connectivity index (χ3n) is 3.87. The Labute approximate surface area is 122 Å². The molecule has 2 aliphatic rings. The third kappa shape index (κ3) is 3.10.